The van der Waals surface area contributed by atoms with Crippen LogP contribution in [0.3, 0.4) is 0 Å². The monoisotopic (exact) mass is 302 g/mol. The van der Waals surface area contributed by atoms with Crippen molar-refractivity contribution in [3.63, 3.8) is 0 Å². The van der Waals surface area contributed by atoms with Gasteiger partial charge >= 0.3 is 0 Å². The van der Waals surface area contributed by atoms with Crippen molar-refractivity contribution in [2.45, 2.75) is 19.9 Å². The van der Waals surface area contributed by atoms with Gasteiger partial charge < -0.3 is 10.6 Å². The molecule has 0 bridgehead atoms. The largest absolute Gasteiger partial charge is 0.385 e. The minimum atomic E-state index is 0.0398. The van der Waals surface area contributed by atoms with Crippen molar-refractivity contribution in [2.24, 2.45) is 0 Å². The van der Waals surface area contributed by atoms with E-state index in [-0.39, 0.29) is 5.91 Å². The average Bonchev–Trinajstić information content (AvgIpc) is 2.47. The molecule has 2 aromatic carbocycles. The highest BCUT2D eigenvalue weighted by Gasteiger charge is 2.01. The third-order valence-corrected chi connectivity index (χ3v) is 3.35. The summed E-state index contributed by atoms with van der Waals surface area (Å²) in [6, 6.07) is 15.6. The zero-order valence-corrected chi connectivity index (χ0v) is 12.8. The second-order valence-corrected chi connectivity index (χ2v) is 5.39. The third kappa shape index (κ3) is 5.48. The third-order valence-electron chi connectivity index (χ3n) is 3.10. The topological polar surface area (TPSA) is 41.1 Å². The van der Waals surface area contributed by atoms with E-state index in [1.807, 2.05) is 49.4 Å². The molecule has 1 amide bonds. The van der Waals surface area contributed by atoms with Gasteiger partial charge in [-0.15, -0.1) is 0 Å². The van der Waals surface area contributed by atoms with Crippen LogP contribution in [0.4, 0.5) is 5.69 Å². The molecular weight excluding hydrogens is 284 g/mol. The van der Waals surface area contributed by atoms with E-state index in [1.165, 1.54) is 5.56 Å². The van der Waals surface area contributed by atoms with E-state index >= 15 is 0 Å². The summed E-state index contributed by atoms with van der Waals surface area (Å²) in [6.07, 6.45) is 0.439. The van der Waals surface area contributed by atoms with Gasteiger partial charge in [0.15, 0.2) is 0 Å². The summed E-state index contributed by atoms with van der Waals surface area (Å²) < 4.78 is 0. The standard InChI is InChI=1S/C17H19ClN2O/c1-13-3-2-4-14(11-13)12-20-17(21)9-10-19-16-7-5-15(18)6-8-16/h2-8,11,19H,9-10,12H2,1H3,(H,20,21). The molecule has 0 saturated heterocycles. The first kappa shape index (κ1) is 15.4. The van der Waals surface area contributed by atoms with Crippen LogP contribution < -0.4 is 10.6 Å². The highest BCUT2D eigenvalue weighted by atomic mass is 35.5. The quantitative estimate of drug-likeness (QED) is 0.853. The van der Waals surface area contributed by atoms with Gasteiger partial charge in [0.25, 0.3) is 0 Å². The molecule has 110 valence electrons. The van der Waals surface area contributed by atoms with Gasteiger partial charge in [-0.05, 0) is 36.8 Å². The van der Waals surface area contributed by atoms with Crippen LogP contribution in [0.25, 0.3) is 0 Å². The van der Waals surface area contributed by atoms with E-state index in [2.05, 4.69) is 16.7 Å². The lowest BCUT2D eigenvalue weighted by molar-refractivity contribution is -0.121. The number of hydrogen-bond donors (Lipinski definition) is 2. The smallest absolute Gasteiger partial charge is 0.222 e. The SMILES string of the molecule is Cc1cccc(CNC(=O)CCNc2ccc(Cl)cc2)c1. The number of amides is 1. The Hall–Kier alpha value is -2.00. The summed E-state index contributed by atoms with van der Waals surface area (Å²) in [5, 5.41) is 6.82. The number of halogens is 1. The van der Waals surface area contributed by atoms with Crippen LogP contribution >= 0.6 is 11.6 Å². The Bertz CT molecular complexity index is 596. The molecule has 0 saturated carbocycles. The number of hydrogen-bond acceptors (Lipinski definition) is 2. The molecule has 3 nitrogen and oxygen atoms in total. The van der Waals surface area contributed by atoms with E-state index < -0.39 is 0 Å². The lowest BCUT2D eigenvalue weighted by Crippen LogP contribution is -2.24. The van der Waals surface area contributed by atoms with Gasteiger partial charge in [0, 0.05) is 30.2 Å². The second-order valence-electron chi connectivity index (χ2n) is 4.95. The number of benzene rings is 2. The van der Waals surface area contributed by atoms with Crippen LogP contribution in [0, 0.1) is 6.92 Å². The lowest BCUT2D eigenvalue weighted by Gasteiger charge is -2.08. The Morgan fingerprint density at radius 1 is 1.14 bits per heavy atom. The fraction of sp³-hybridized carbons (Fsp3) is 0.235. The normalized spacial score (nSPS) is 10.2. The first-order chi connectivity index (χ1) is 10.1. The maximum Gasteiger partial charge on any atom is 0.222 e. The Kier molecular flexibility index (Phi) is 5.64. The summed E-state index contributed by atoms with van der Waals surface area (Å²) >= 11 is 5.81. The molecule has 0 aromatic heterocycles. The molecule has 0 aliphatic heterocycles. The Morgan fingerprint density at radius 3 is 2.62 bits per heavy atom. The first-order valence-corrected chi connectivity index (χ1v) is 7.33. The van der Waals surface area contributed by atoms with Gasteiger partial charge in [-0.2, -0.15) is 0 Å². The van der Waals surface area contributed by atoms with Crippen molar-refractivity contribution in [1.29, 1.82) is 0 Å². The molecule has 2 aromatic rings. The lowest BCUT2D eigenvalue weighted by atomic mass is 10.1. The zero-order chi connectivity index (χ0) is 15.1. The molecule has 0 heterocycles. The van der Waals surface area contributed by atoms with Crippen molar-refractivity contribution in [2.75, 3.05) is 11.9 Å². The summed E-state index contributed by atoms with van der Waals surface area (Å²) in [5.74, 6) is 0.0398. The Balaban J connectivity index is 1.69. The number of aryl methyl sites for hydroxylation is 1. The minimum Gasteiger partial charge on any atom is -0.385 e. The molecule has 21 heavy (non-hydrogen) atoms. The molecule has 0 fully saturated rings. The predicted octanol–water partition coefficient (Wildman–Crippen LogP) is 3.77. The molecule has 0 aliphatic carbocycles. The average molecular weight is 303 g/mol. The summed E-state index contributed by atoms with van der Waals surface area (Å²) in [6.45, 7) is 3.21. The molecule has 2 N–H and O–H groups in total. The number of carbonyl (C=O) groups is 1. The highest BCUT2D eigenvalue weighted by molar-refractivity contribution is 6.30. The zero-order valence-electron chi connectivity index (χ0n) is 12.0. The fourth-order valence-electron chi connectivity index (χ4n) is 2.00. The Morgan fingerprint density at radius 2 is 1.90 bits per heavy atom. The number of nitrogens with one attached hydrogen (secondary N) is 2. The molecule has 4 heteroatoms. The van der Waals surface area contributed by atoms with Crippen LogP contribution in [0.1, 0.15) is 17.5 Å². The van der Waals surface area contributed by atoms with Gasteiger partial charge in [-0.3, -0.25) is 4.79 Å². The molecular formula is C17H19ClN2O. The van der Waals surface area contributed by atoms with E-state index in [0.717, 1.165) is 11.3 Å². The maximum atomic E-state index is 11.8. The minimum absolute atomic E-state index is 0.0398. The van der Waals surface area contributed by atoms with E-state index in [9.17, 15) is 4.79 Å². The van der Waals surface area contributed by atoms with E-state index in [0.29, 0.717) is 24.5 Å². The molecule has 0 spiro atoms. The van der Waals surface area contributed by atoms with E-state index in [4.69, 9.17) is 11.6 Å². The highest BCUT2D eigenvalue weighted by Crippen LogP contribution is 2.13. The van der Waals surface area contributed by atoms with Crippen LogP contribution in [-0.4, -0.2) is 12.5 Å². The van der Waals surface area contributed by atoms with Crippen LogP contribution in [-0.2, 0) is 11.3 Å². The van der Waals surface area contributed by atoms with Crippen LogP contribution in [0.5, 0.6) is 0 Å². The Labute approximate surface area is 130 Å². The number of carbonyl (C=O) groups excluding carboxylic acids is 1. The first-order valence-electron chi connectivity index (χ1n) is 6.95. The van der Waals surface area contributed by atoms with Crippen molar-refractivity contribution in [3.05, 3.63) is 64.7 Å². The predicted molar refractivity (Wildman–Crippen MR) is 87.6 cm³/mol. The van der Waals surface area contributed by atoms with Gasteiger partial charge in [0.1, 0.15) is 0 Å². The van der Waals surface area contributed by atoms with Crippen molar-refractivity contribution >= 4 is 23.2 Å². The second kappa shape index (κ2) is 7.70. The summed E-state index contributed by atoms with van der Waals surface area (Å²) in [4.78, 5) is 11.8. The molecule has 0 unspecified atom stereocenters. The number of anilines is 1. The van der Waals surface area contributed by atoms with E-state index in [1.54, 1.807) is 0 Å². The van der Waals surface area contributed by atoms with Crippen LogP contribution in [0.15, 0.2) is 48.5 Å². The molecule has 0 aliphatic rings. The molecule has 0 atom stereocenters. The summed E-state index contributed by atoms with van der Waals surface area (Å²) in [7, 11) is 0. The van der Waals surface area contributed by atoms with Gasteiger partial charge in [0.05, 0.1) is 0 Å². The summed E-state index contributed by atoms with van der Waals surface area (Å²) in [5.41, 5.74) is 3.28. The van der Waals surface area contributed by atoms with Crippen LogP contribution in [0.2, 0.25) is 5.02 Å². The molecule has 0 radical (unpaired) electrons. The van der Waals surface area contributed by atoms with Gasteiger partial charge in [0.2, 0.25) is 5.91 Å². The van der Waals surface area contributed by atoms with Gasteiger partial charge in [-0.1, -0.05) is 41.4 Å². The van der Waals surface area contributed by atoms with Gasteiger partial charge in [-0.25, -0.2) is 0 Å². The number of rotatable bonds is 6. The van der Waals surface area contributed by atoms with Crippen molar-refractivity contribution in [3.8, 4) is 0 Å². The molecule has 2 rings (SSSR count). The van der Waals surface area contributed by atoms with Crippen molar-refractivity contribution < 1.29 is 4.79 Å². The fourth-order valence-corrected chi connectivity index (χ4v) is 2.13. The van der Waals surface area contributed by atoms with Crippen molar-refractivity contribution in [1.82, 2.24) is 5.32 Å². The maximum absolute atomic E-state index is 11.8.